The molecular weight excluding hydrogens is 370 g/mol. The summed E-state index contributed by atoms with van der Waals surface area (Å²) < 4.78 is 0.938. The number of carbonyl (C=O) groups excluding carboxylic acids is 2. The van der Waals surface area contributed by atoms with Gasteiger partial charge in [-0.15, -0.1) is 0 Å². The monoisotopic (exact) mass is 387 g/mol. The van der Waals surface area contributed by atoms with Gasteiger partial charge in [-0.3, -0.25) is 14.6 Å². The lowest BCUT2D eigenvalue weighted by Crippen LogP contribution is -2.35. The van der Waals surface area contributed by atoms with Gasteiger partial charge in [-0.05, 0) is 55.7 Å². The number of rotatable bonds is 3. The van der Waals surface area contributed by atoms with Crippen LogP contribution in [0.2, 0.25) is 0 Å². The number of pyridine rings is 1. The molecule has 1 aromatic carbocycles. The summed E-state index contributed by atoms with van der Waals surface area (Å²) in [6.45, 7) is 1.56. The first-order chi connectivity index (χ1) is 11.6. The van der Waals surface area contributed by atoms with Gasteiger partial charge in [0.25, 0.3) is 11.8 Å². The summed E-state index contributed by atoms with van der Waals surface area (Å²) >= 11 is 3.35. The van der Waals surface area contributed by atoms with E-state index in [9.17, 15) is 9.59 Å². The summed E-state index contributed by atoms with van der Waals surface area (Å²) in [5, 5.41) is 2.78. The van der Waals surface area contributed by atoms with Crippen molar-refractivity contribution < 1.29 is 9.59 Å². The van der Waals surface area contributed by atoms with Crippen LogP contribution in [0.25, 0.3) is 0 Å². The van der Waals surface area contributed by atoms with Gasteiger partial charge in [0.2, 0.25) is 0 Å². The minimum absolute atomic E-state index is 0.0326. The van der Waals surface area contributed by atoms with E-state index in [0.29, 0.717) is 11.3 Å². The molecular formula is C18H18BrN3O2. The third-order valence-electron chi connectivity index (χ3n) is 3.98. The summed E-state index contributed by atoms with van der Waals surface area (Å²) in [5.41, 5.74) is 1.42. The Bertz CT molecular complexity index is 740. The number of amides is 2. The predicted molar refractivity (Wildman–Crippen MR) is 96.1 cm³/mol. The molecule has 1 aliphatic heterocycles. The topological polar surface area (TPSA) is 62.3 Å². The van der Waals surface area contributed by atoms with Crippen molar-refractivity contribution in [3.05, 3.63) is 58.3 Å². The molecule has 0 unspecified atom stereocenters. The quantitative estimate of drug-likeness (QED) is 0.872. The molecule has 1 saturated heterocycles. The maximum Gasteiger partial charge on any atom is 0.274 e. The molecule has 1 aromatic heterocycles. The molecule has 6 heteroatoms. The molecule has 24 heavy (non-hydrogen) atoms. The van der Waals surface area contributed by atoms with Gasteiger partial charge in [0, 0.05) is 35.0 Å². The van der Waals surface area contributed by atoms with E-state index in [0.717, 1.165) is 30.4 Å². The van der Waals surface area contributed by atoms with E-state index in [-0.39, 0.29) is 17.5 Å². The number of nitrogens with one attached hydrogen (secondary N) is 1. The van der Waals surface area contributed by atoms with E-state index in [2.05, 4.69) is 26.2 Å². The molecule has 0 aliphatic carbocycles. The average molecular weight is 388 g/mol. The molecule has 1 aliphatic rings. The van der Waals surface area contributed by atoms with Crippen molar-refractivity contribution in [1.29, 1.82) is 0 Å². The van der Waals surface area contributed by atoms with E-state index in [1.807, 2.05) is 17.0 Å². The summed E-state index contributed by atoms with van der Waals surface area (Å²) in [6.07, 6.45) is 4.75. The Morgan fingerprint density at radius 1 is 1.04 bits per heavy atom. The van der Waals surface area contributed by atoms with Crippen LogP contribution in [0.5, 0.6) is 0 Å². The van der Waals surface area contributed by atoms with E-state index in [4.69, 9.17) is 0 Å². The Balaban J connectivity index is 1.73. The molecule has 0 saturated carbocycles. The van der Waals surface area contributed by atoms with Crippen LogP contribution < -0.4 is 5.32 Å². The highest BCUT2D eigenvalue weighted by Crippen LogP contribution is 2.16. The van der Waals surface area contributed by atoms with E-state index in [1.54, 1.807) is 24.3 Å². The van der Waals surface area contributed by atoms with Crippen molar-refractivity contribution in [1.82, 2.24) is 9.88 Å². The van der Waals surface area contributed by atoms with Crippen molar-refractivity contribution in [3.63, 3.8) is 0 Å². The molecule has 0 bridgehead atoms. The fourth-order valence-electron chi connectivity index (χ4n) is 2.70. The molecule has 0 atom stereocenters. The van der Waals surface area contributed by atoms with Gasteiger partial charge in [0.05, 0.1) is 0 Å². The lowest BCUT2D eigenvalue weighted by molar-refractivity contribution is 0.0724. The van der Waals surface area contributed by atoms with E-state index >= 15 is 0 Å². The fourth-order valence-corrected chi connectivity index (χ4v) is 2.96. The van der Waals surface area contributed by atoms with Crippen molar-refractivity contribution in [2.45, 2.75) is 19.3 Å². The highest BCUT2D eigenvalue weighted by atomic mass is 79.9. The van der Waals surface area contributed by atoms with Crippen LogP contribution in [0.3, 0.4) is 0 Å². The van der Waals surface area contributed by atoms with Gasteiger partial charge in [-0.25, -0.2) is 0 Å². The molecule has 0 spiro atoms. The molecule has 1 fully saturated rings. The van der Waals surface area contributed by atoms with Crippen LogP contribution in [-0.2, 0) is 0 Å². The molecule has 2 amide bonds. The number of anilines is 1. The van der Waals surface area contributed by atoms with Crippen LogP contribution >= 0.6 is 15.9 Å². The zero-order valence-corrected chi connectivity index (χ0v) is 14.8. The maximum absolute atomic E-state index is 12.5. The molecule has 2 aromatic rings. The Kier molecular flexibility index (Phi) is 5.25. The SMILES string of the molecule is O=C(Nc1ccc(Br)cc1)c1cc(C(=O)N2CCCCC2)ccn1. The van der Waals surface area contributed by atoms with Crippen LogP contribution in [0.4, 0.5) is 5.69 Å². The Labute approximate surface area is 149 Å². The standard InChI is InChI=1S/C18H18BrN3O2/c19-14-4-6-15(7-5-14)21-17(23)16-12-13(8-9-20-16)18(24)22-10-2-1-3-11-22/h4-9,12H,1-3,10-11H2,(H,21,23). The number of aromatic nitrogens is 1. The second-order valence-electron chi connectivity index (χ2n) is 5.74. The number of piperidine rings is 1. The van der Waals surface area contributed by atoms with Crippen LogP contribution in [0.15, 0.2) is 47.1 Å². The highest BCUT2D eigenvalue weighted by Gasteiger charge is 2.19. The Morgan fingerprint density at radius 2 is 1.75 bits per heavy atom. The minimum atomic E-state index is -0.328. The number of halogens is 1. The van der Waals surface area contributed by atoms with Crippen molar-refractivity contribution in [2.24, 2.45) is 0 Å². The Morgan fingerprint density at radius 3 is 2.46 bits per heavy atom. The van der Waals surface area contributed by atoms with Gasteiger partial charge in [0.15, 0.2) is 0 Å². The summed E-state index contributed by atoms with van der Waals surface area (Å²) in [6, 6.07) is 10.5. The summed E-state index contributed by atoms with van der Waals surface area (Å²) in [7, 11) is 0. The van der Waals surface area contributed by atoms with Gasteiger partial charge in [0.1, 0.15) is 5.69 Å². The number of hydrogen-bond donors (Lipinski definition) is 1. The van der Waals surface area contributed by atoms with Crippen molar-refractivity contribution in [3.8, 4) is 0 Å². The first-order valence-corrected chi connectivity index (χ1v) is 8.75. The number of hydrogen-bond acceptors (Lipinski definition) is 3. The molecule has 0 radical (unpaired) electrons. The van der Waals surface area contributed by atoms with Gasteiger partial charge >= 0.3 is 0 Å². The van der Waals surface area contributed by atoms with Gasteiger partial charge in [-0.1, -0.05) is 15.9 Å². The van der Waals surface area contributed by atoms with E-state index in [1.165, 1.54) is 12.6 Å². The maximum atomic E-state index is 12.5. The number of carbonyl (C=O) groups is 2. The third-order valence-corrected chi connectivity index (χ3v) is 4.51. The van der Waals surface area contributed by atoms with Crippen LogP contribution in [-0.4, -0.2) is 34.8 Å². The number of nitrogens with zero attached hydrogens (tertiary/aromatic N) is 2. The van der Waals surface area contributed by atoms with Crippen LogP contribution in [0, 0.1) is 0 Å². The van der Waals surface area contributed by atoms with Crippen LogP contribution in [0.1, 0.15) is 40.1 Å². The summed E-state index contributed by atoms with van der Waals surface area (Å²) in [5.74, 6) is -0.361. The predicted octanol–water partition coefficient (Wildman–Crippen LogP) is 3.72. The fraction of sp³-hybridized carbons (Fsp3) is 0.278. The largest absolute Gasteiger partial charge is 0.339 e. The Hall–Kier alpha value is -2.21. The molecule has 1 N–H and O–H groups in total. The first-order valence-electron chi connectivity index (χ1n) is 7.96. The highest BCUT2D eigenvalue weighted by molar-refractivity contribution is 9.10. The lowest BCUT2D eigenvalue weighted by Gasteiger charge is -2.26. The molecule has 3 rings (SSSR count). The van der Waals surface area contributed by atoms with E-state index < -0.39 is 0 Å². The molecule has 2 heterocycles. The van der Waals surface area contributed by atoms with Gasteiger partial charge in [-0.2, -0.15) is 0 Å². The number of benzene rings is 1. The normalized spacial score (nSPS) is 14.3. The third kappa shape index (κ3) is 4.00. The van der Waals surface area contributed by atoms with Gasteiger partial charge < -0.3 is 10.2 Å². The average Bonchev–Trinajstić information content (AvgIpc) is 2.64. The second-order valence-corrected chi connectivity index (χ2v) is 6.66. The lowest BCUT2D eigenvalue weighted by atomic mass is 10.1. The summed E-state index contributed by atoms with van der Waals surface area (Å²) in [4.78, 5) is 30.8. The zero-order chi connectivity index (χ0) is 16.9. The molecule has 5 nitrogen and oxygen atoms in total. The van der Waals surface area contributed by atoms with Crippen molar-refractivity contribution in [2.75, 3.05) is 18.4 Å². The number of likely N-dealkylation sites (tertiary alicyclic amines) is 1. The smallest absolute Gasteiger partial charge is 0.274 e. The first kappa shape index (κ1) is 16.6. The van der Waals surface area contributed by atoms with Crippen molar-refractivity contribution >= 4 is 33.4 Å². The zero-order valence-electron chi connectivity index (χ0n) is 13.2. The second kappa shape index (κ2) is 7.57. The minimum Gasteiger partial charge on any atom is -0.339 e. The molecule has 124 valence electrons.